The summed E-state index contributed by atoms with van der Waals surface area (Å²) in [5.41, 5.74) is 11.7. The molecule has 0 saturated heterocycles. The SMILES string of the molecule is c1ccc(-c2cc(-c3ccc(-c4cccc5c4oc4c6ccccc6c(-c6ccc7ccccc7c6)cc54)cc3)cc(-c3ccccn3)n2)nc1. The fraction of sp³-hybridized carbons (Fsp3) is 0. The lowest BCUT2D eigenvalue weighted by molar-refractivity contribution is 0.674. The van der Waals surface area contributed by atoms with Crippen LogP contribution in [-0.2, 0) is 0 Å². The first-order valence-corrected chi connectivity index (χ1v) is 17.1. The molecule has 0 N–H and O–H groups in total. The predicted octanol–water partition coefficient (Wildman–Crippen LogP) is 12.4. The van der Waals surface area contributed by atoms with Crippen LogP contribution in [0.25, 0.3) is 99.6 Å². The molecule has 0 aliphatic rings. The summed E-state index contributed by atoms with van der Waals surface area (Å²) in [6.45, 7) is 0. The lowest BCUT2D eigenvalue weighted by Crippen LogP contribution is -1.93. The van der Waals surface area contributed by atoms with Crippen molar-refractivity contribution >= 4 is 43.5 Å². The monoisotopic (exact) mass is 651 g/mol. The maximum Gasteiger partial charge on any atom is 0.143 e. The number of hydrogen-bond acceptors (Lipinski definition) is 4. The first-order valence-electron chi connectivity index (χ1n) is 17.1. The van der Waals surface area contributed by atoms with Crippen LogP contribution in [0.3, 0.4) is 0 Å². The van der Waals surface area contributed by atoms with E-state index in [1.54, 1.807) is 12.4 Å². The zero-order valence-corrected chi connectivity index (χ0v) is 27.5. The van der Waals surface area contributed by atoms with Gasteiger partial charge in [-0.3, -0.25) is 9.97 Å². The first-order chi connectivity index (χ1) is 25.3. The molecule has 51 heavy (non-hydrogen) atoms. The fourth-order valence-corrected chi connectivity index (χ4v) is 7.27. The van der Waals surface area contributed by atoms with Crippen LogP contribution >= 0.6 is 0 Å². The molecule has 0 unspecified atom stereocenters. The maximum atomic E-state index is 6.83. The van der Waals surface area contributed by atoms with Gasteiger partial charge in [0.25, 0.3) is 0 Å². The summed E-state index contributed by atoms with van der Waals surface area (Å²) in [6.07, 6.45) is 3.59. The number of pyridine rings is 3. The molecule has 4 heterocycles. The lowest BCUT2D eigenvalue weighted by atomic mass is 9.93. The molecule has 0 aliphatic carbocycles. The minimum atomic E-state index is 0.806. The van der Waals surface area contributed by atoms with Crippen molar-refractivity contribution in [3.63, 3.8) is 0 Å². The summed E-state index contributed by atoms with van der Waals surface area (Å²) < 4.78 is 6.83. The maximum absolute atomic E-state index is 6.83. The third-order valence-corrected chi connectivity index (χ3v) is 9.77. The van der Waals surface area contributed by atoms with Gasteiger partial charge in [-0.25, -0.2) is 4.98 Å². The van der Waals surface area contributed by atoms with Gasteiger partial charge in [0, 0.05) is 34.1 Å². The minimum Gasteiger partial charge on any atom is -0.455 e. The average molecular weight is 652 g/mol. The molecule has 0 saturated carbocycles. The van der Waals surface area contributed by atoms with Gasteiger partial charge in [-0.2, -0.15) is 0 Å². The molecule has 10 rings (SSSR count). The second-order valence-electron chi connectivity index (χ2n) is 12.8. The second kappa shape index (κ2) is 11.9. The molecule has 4 nitrogen and oxygen atoms in total. The predicted molar refractivity (Wildman–Crippen MR) is 209 cm³/mol. The van der Waals surface area contributed by atoms with Gasteiger partial charge in [0.2, 0.25) is 0 Å². The summed E-state index contributed by atoms with van der Waals surface area (Å²) in [6, 6.07) is 57.3. The Balaban J connectivity index is 1.09. The van der Waals surface area contributed by atoms with Gasteiger partial charge in [-0.15, -0.1) is 0 Å². The van der Waals surface area contributed by atoms with Crippen LogP contribution in [0.5, 0.6) is 0 Å². The number of rotatable bonds is 5. The van der Waals surface area contributed by atoms with Gasteiger partial charge in [-0.1, -0.05) is 115 Å². The van der Waals surface area contributed by atoms with Gasteiger partial charge >= 0.3 is 0 Å². The normalized spacial score (nSPS) is 11.5. The number of nitrogens with zero attached hydrogens (tertiary/aromatic N) is 3. The van der Waals surface area contributed by atoms with Crippen LogP contribution < -0.4 is 0 Å². The largest absolute Gasteiger partial charge is 0.455 e. The molecule has 0 atom stereocenters. The van der Waals surface area contributed by atoms with E-state index in [4.69, 9.17) is 9.40 Å². The number of furan rings is 1. The smallest absolute Gasteiger partial charge is 0.143 e. The van der Waals surface area contributed by atoms with E-state index >= 15 is 0 Å². The van der Waals surface area contributed by atoms with Gasteiger partial charge < -0.3 is 4.42 Å². The highest BCUT2D eigenvalue weighted by molar-refractivity contribution is 6.20. The molecule has 0 radical (unpaired) electrons. The number of fused-ring (bicyclic) bond motifs is 6. The van der Waals surface area contributed by atoms with Crippen LogP contribution in [0.2, 0.25) is 0 Å². The number of aromatic nitrogens is 3. The summed E-state index contributed by atoms with van der Waals surface area (Å²) in [5.74, 6) is 0. The molecule has 10 aromatic rings. The second-order valence-corrected chi connectivity index (χ2v) is 12.8. The van der Waals surface area contributed by atoms with Crippen molar-refractivity contribution in [2.75, 3.05) is 0 Å². The molecule has 0 spiro atoms. The van der Waals surface area contributed by atoms with Crippen LogP contribution in [-0.4, -0.2) is 15.0 Å². The average Bonchev–Trinajstić information content (AvgIpc) is 3.60. The Morgan fingerprint density at radius 1 is 0.333 bits per heavy atom. The number of hydrogen-bond donors (Lipinski definition) is 0. The van der Waals surface area contributed by atoms with Crippen molar-refractivity contribution in [3.05, 3.63) is 176 Å². The third kappa shape index (κ3) is 5.04. The van der Waals surface area contributed by atoms with E-state index in [9.17, 15) is 0 Å². The van der Waals surface area contributed by atoms with E-state index in [0.717, 1.165) is 72.4 Å². The highest BCUT2D eigenvalue weighted by Crippen LogP contribution is 2.43. The van der Waals surface area contributed by atoms with E-state index in [1.165, 1.54) is 27.3 Å². The van der Waals surface area contributed by atoms with Crippen molar-refractivity contribution < 1.29 is 4.42 Å². The van der Waals surface area contributed by atoms with E-state index in [-0.39, 0.29) is 0 Å². The summed E-state index contributed by atoms with van der Waals surface area (Å²) >= 11 is 0. The van der Waals surface area contributed by atoms with Crippen LogP contribution in [0.15, 0.2) is 181 Å². The van der Waals surface area contributed by atoms with Crippen molar-refractivity contribution in [3.8, 4) is 56.2 Å². The van der Waals surface area contributed by atoms with Gasteiger partial charge in [0.1, 0.15) is 11.2 Å². The Bertz CT molecular complexity index is 2840. The zero-order chi connectivity index (χ0) is 33.7. The van der Waals surface area contributed by atoms with Crippen LogP contribution in [0, 0.1) is 0 Å². The minimum absolute atomic E-state index is 0.806. The Labute approximate surface area is 294 Å². The molecule has 4 heteroatoms. The van der Waals surface area contributed by atoms with Crippen LogP contribution in [0.1, 0.15) is 0 Å². The summed E-state index contributed by atoms with van der Waals surface area (Å²) in [5, 5.41) is 6.98. The molecule has 0 fully saturated rings. The van der Waals surface area contributed by atoms with E-state index in [1.807, 2.05) is 36.4 Å². The molecule has 4 aromatic heterocycles. The van der Waals surface area contributed by atoms with Gasteiger partial charge in [-0.05, 0) is 92.5 Å². The van der Waals surface area contributed by atoms with E-state index in [0.29, 0.717) is 0 Å². The summed E-state index contributed by atoms with van der Waals surface area (Å²) in [4.78, 5) is 14.1. The first kappa shape index (κ1) is 29.0. The third-order valence-electron chi connectivity index (χ3n) is 9.77. The van der Waals surface area contributed by atoms with Crippen molar-refractivity contribution in [1.29, 1.82) is 0 Å². The molecular formula is C47H29N3O. The zero-order valence-electron chi connectivity index (χ0n) is 27.5. The Morgan fingerprint density at radius 2 is 0.941 bits per heavy atom. The van der Waals surface area contributed by atoms with Crippen molar-refractivity contribution in [2.45, 2.75) is 0 Å². The Hall–Kier alpha value is -6.91. The molecule has 0 bridgehead atoms. The van der Waals surface area contributed by atoms with Crippen molar-refractivity contribution in [2.24, 2.45) is 0 Å². The van der Waals surface area contributed by atoms with Gasteiger partial charge in [0.05, 0.1) is 22.8 Å². The highest BCUT2D eigenvalue weighted by Gasteiger charge is 2.18. The summed E-state index contributed by atoms with van der Waals surface area (Å²) in [7, 11) is 0. The molecular weight excluding hydrogens is 623 g/mol. The van der Waals surface area contributed by atoms with Crippen LogP contribution in [0.4, 0.5) is 0 Å². The quantitative estimate of drug-likeness (QED) is 0.186. The molecule has 0 amide bonds. The van der Waals surface area contributed by atoms with Gasteiger partial charge in [0.15, 0.2) is 0 Å². The Morgan fingerprint density at radius 3 is 1.67 bits per heavy atom. The standard InChI is InChI=1S/C47H29N3O/c1-2-11-33-26-34(23-20-30(33)10-1)40-29-41-39-15-9-14-36(46(39)51-47(41)38-13-4-3-12-37(38)40)32-21-18-31(19-22-32)35-27-44(42-16-5-7-24-48-42)50-45(28-35)43-17-6-8-25-49-43/h1-29H. The number of para-hydroxylation sites is 1. The highest BCUT2D eigenvalue weighted by atomic mass is 16.3. The van der Waals surface area contributed by atoms with Crippen molar-refractivity contribution in [1.82, 2.24) is 15.0 Å². The Kier molecular flexibility index (Phi) is 6.78. The fourth-order valence-electron chi connectivity index (χ4n) is 7.27. The number of benzene rings is 6. The molecule has 0 aliphatic heterocycles. The molecule has 6 aromatic carbocycles. The topological polar surface area (TPSA) is 51.8 Å². The van der Waals surface area contributed by atoms with E-state index in [2.05, 4.69) is 137 Å². The lowest BCUT2D eigenvalue weighted by Gasteiger charge is -2.10. The van der Waals surface area contributed by atoms with E-state index < -0.39 is 0 Å². The molecule has 238 valence electrons.